The summed E-state index contributed by atoms with van der Waals surface area (Å²) < 4.78 is 13.1. The zero-order valence-electron chi connectivity index (χ0n) is 9.04. The van der Waals surface area contributed by atoms with Crippen LogP contribution in [0.5, 0.6) is 0 Å². The molecule has 1 heterocycles. The fourth-order valence-corrected chi connectivity index (χ4v) is 1.56. The number of hydrogen-bond acceptors (Lipinski definition) is 2. The smallest absolute Gasteiger partial charge is 0.254 e. The van der Waals surface area contributed by atoms with Crippen molar-refractivity contribution in [2.24, 2.45) is 0 Å². The molecule has 0 radical (unpaired) electrons. The van der Waals surface area contributed by atoms with Gasteiger partial charge in [-0.05, 0) is 26.0 Å². The molecule has 82 valence electrons. The Labute approximate surface area is 92.0 Å². The van der Waals surface area contributed by atoms with E-state index in [4.69, 9.17) is 0 Å². The van der Waals surface area contributed by atoms with Crippen molar-refractivity contribution in [2.45, 2.75) is 13.8 Å². The normalized spacial score (nSPS) is 10.4. The monoisotopic (exact) mass is 218 g/mol. The second-order valence-corrected chi connectivity index (χ2v) is 3.64. The Balaban J connectivity index is 2.69. The Morgan fingerprint density at radius 2 is 2.06 bits per heavy atom. The van der Waals surface area contributed by atoms with Gasteiger partial charge >= 0.3 is 0 Å². The van der Waals surface area contributed by atoms with Gasteiger partial charge in [-0.25, -0.2) is 9.37 Å². The molecular weight excluding hydrogens is 207 g/mol. The van der Waals surface area contributed by atoms with Crippen molar-refractivity contribution in [3.05, 3.63) is 51.8 Å². The molecule has 0 fully saturated rings. The van der Waals surface area contributed by atoms with Crippen molar-refractivity contribution in [2.75, 3.05) is 0 Å². The van der Waals surface area contributed by atoms with Crippen LogP contribution < -0.4 is 5.56 Å². The molecule has 16 heavy (non-hydrogen) atoms. The summed E-state index contributed by atoms with van der Waals surface area (Å²) in [4.78, 5) is 18.4. The quantitative estimate of drug-likeness (QED) is 0.797. The number of benzene rings is 1. The molecule has 0 aliphatic rings. The highest BCUT2D eigenvalue weighted by Crippen LogP contribution is 2.19. The van der Waals surface area contributed by atoms with Gasteiger partial charge in [0, 0.05) is 11.1 Å². The van der Waals surface area contributed by atoms with Gasteiger partial charge in [0.1, 0.15) is 11.6 Å². The SMILES string of the molecule is Cc1nc(-c2cccc(F)c2)c(C)c(=O)[nH]1. The summed E-state index contributed by atoms with van der Waals surface area (Å²) in [5.41, 5.74) is 1.45. The number of aromatic amines is 1. The van der Waals surface area contributed by atoms with E-state index in [1.807, 2.05) is 0 Å². The van der Waals surface area contributed by atoms with E-state index in [0.717, 1.165) is 0 Å². The maximum absolute atomic E-state index is 13.1. The lowest BCUT2D eigenvalue weighted by Crippen LogP contribution is -2.14. The van der Waals surface area contributed by atoms with E-state index in [9.17, 15) is 9.18 Å². The Morgan fingerprint density at radius 3 is 2.75 bits per heavy atom. The second-order valence-electron chi connectivity index (χ2n) is 3.64. The first kappa shape index (κ1) is 10.5. The fraction of sp³-hybridized carbons (Fsp3) is 0.167. The summed E-state index contributed by atoms with van der Waals surface area (Å²) in [6, 6.07) is 6.06. The van der Waals surface area contributed by atoms with Gasteiger partial charge in [0.15, 0.2) is 0 Å². The molecular formula is C12H11FN2O. The van der Waals surface area contributed by atoms with Crippen LogP contribution in [-0.2, 0) is 0 Å². The maximum Gasteiger partial charge on any atom is 0.254 e. The first-order valence-electron chi connectivity index (χ1n) is 4.91. The molecule has 1 aromatic carbocycles. The summed E-state index contributed by atoms with van der Waals surface area (Å²) in [5.74, 6) is 0.187. The van der Waals surface area contributed by atoms with Crippen LogP contribution in [0.3, 0.4) is 0 Å². The van der Waals surface area contributed by atoms with Gasteiger partial charge in [0.25, 0.3) is 5.56 Å². The minimum absolute atomic E-state index is 0.188. The summed E-state index contributed by atoms with van der Waals surface area (Å²) >= 11 is 0. The van der Waals surface area contributed by atoms with Crippen molar-refractivity contribution < 1.29 is 4.39 Å². The molecule has 0 spiro atoms. The molecule has 0 unspecified atom stereocenters. The van der Waals surface area contributed by atoms with Crippen molar-refractivity contribution in [3.63, 3.8) is 0 Å². The Kier molecular flexibility index (Phi) is 2.56. The van der Waals surface area contributed by atoms with E-state index in [2.05, 4.69) is 9.97 Å². The molecule has 0 aliphatic heterocycles. The maximum atomic E-state index is 13.1. The third-order valence-electron chi connectivity index (χ3n) is 2.37. The van der Waals surface area contributed by atoms with E-state index in [1.54, 1.807) is 26.0 Å². The predicted octanol–water partition coefficient (Wildman–Crippen LogP) is 2.19. The Bertz CT molecular complexity index is 590. The predicted molar refractivity (Wildman–Crippen MR) is 59.7 cm³/mol. The summed E-state index contributed by atoms with van der Waals surface area (Å²) in [6.07, 6.45) is 0. The topological polar surface area (TPSA) is 45.8 Å². The van der Waals surface area contributed by atoms with Gasteiger partial charge in [-0.2, -0.15) is 0 Å². The number of halogens is 1. The molecule has 3 nitrogen and oxygen atoms in total. The summed E-state index contributed by atoms with van der Waals surface area (Å²) in [5, 5.41) is 0. The molecule has 2 aromatic rings. The molecule has 0 atom stereocenters. The minimum atomic E-state index is -0.336. The van der Waals surface area contributed by atoms with Crippen molar-refractivity contribution >= 4 is 0 Å². The third-order valence-corrected chi connectivity index (χ3v) is 2.37. The lowest BCUT2D eigenvalue weighted by molar-refractivity contribution is 0.628. The number of hydrogen-bond donors (Lipinski definition) is 1. The molecule has 2 rings (SSSR count). The van der Waals surface area contributed by atoms with E-state index in [0.29, 0.717) is 22.6 Å². The molecule has 0 amide bonds. The lowest BCUT2D eigenvalue weighted by Gasteiger charge is -2.05. The standard InChI is InChI=1S/C12H11FN2O/c1-7-11(14-8(2)15-12(7)16)9-4-3-5-10(13)6-9/h3-6H,1-2H3,(H,14,15,16). The molecule has 1 N–H and O–H groups in total. The number of nitrogens with zero attached hydrogens (tertiary/aromatic N) is 1. The van der Waals surface area contributed by atoms with Crippen LogP contribution in [-0.4, -0.2) is 9.97 Å². The Hall–Kier alpha value is -1.97. The first-order valence-corrected chi connectivity index (χ1v) is 4.91. The van der Waals surface area contributed by atoms with Crippen LogP contribution >= 0.6 is 0 Å². The van der Waals surface area contributed by atoms with Gasteiger partial charge in [-0.1, -0.05) is 12.1 Å². The highest BCUT2D eigenvalue weighted by atomic mass is 19.1. The van der Waals surface area contributed by atoms with Crippen LogP contribution in [0.2, 0.25) is 0 Å². The second kappa shape index (κ2) is 3.89. The molecule has 0 saturated heterocycles. The highest BCUT2D eigenvalue weighted by Gasteiger charge is 2.08. The van der Waals surface area contributed by atoms with Crippen LogP contribution in [0, 0.1) is 19.7 Å². The average molecular weight is 218 g/mol. The van der Waals surface area contributed by atoms with Crippen LogP contribution in [0.4, 0.5) is 4.39 Å². The van der Waals surface area contributed by atoms with Crippen molar-refractivity contribution in [3.8, 4) is 11.3 Å². The average Bonchev–Trinajstić information content (AvgIpc) is 2.23. The van der Waals surface area contributed by atoms with Crippen LogP contribution in [0.25, 0.3) is 11.3 Å². The molecule has 0 saturated carbocycles. The summed E-state index contributed by atoms with van der Waals surface area (Å²) in [7, 11) is 0. The highest BCUT2D eigenvalue weighted by molar-refractivity contribution is 5.62. The molecule has 0 aliphatic carbocycles. The minimum Gasteiger partial charge on any atom is -0.311 e. The number of aromatic nitrogens is 2. The van der Waals surface area contributed by atoms with E-state index in [1.165, 1.54) is 12.1 Å². The van der Waals surface area contributed by atoms with E-state index in [-0.39, 0.29) is 11.4 Å². The van der Waals surface area contributed by atoms with Gasteiger partial charge in [0.2, 0.25) is 0 Å². The molecule has 1 aromatic heterocycles. The van der Waals surface area contributed by atoms with Gasteiger partial charge in [-0.3, -0.25) is 4.79 Å². The third kappa shape index (κ3) is 1.86. The number of nitrogens with one attached hydrogen (secondary N) is 1. The van der Waals surface area contributed by atoms with E-state index < -0.39 is 0 Å². The summed E-state index contributed by atoms with van der Waals surface area (Å²) in [6.45, 7) is 3.37. The van der Waals surface area contributed by atoms with Crippen molar-refractivity contribution in [1.82, 2.24) is 9.97 Å². The van der Waals surface area contributed by atoms with Crippen LogP contribution in [0.15, 0.2) is 29.1 Å². The lowest BCUT2D eigenvalue weighted by atomic mass is 10.1. The van der Waals surface area contributed by atoms with Gasteiger partial charge in [-0.15, -0.1) is 0 Å². The van der Waals surface area contributed by atoms with Crippen molar-refractivity contribution in [1.29, 1.82) is 0 Å². The number of H-pyrrole nitrogens is 1. The number of rotatable bonds is 1. The first-order chi connectivity index (χ1) is 7.58. The Morgan fingerprint density at radius 1 is 1.31 bits per heavy atom. The molecule has 4 heteroatoms. The van der Waals surface area contributed by atoms with Gasteiger partial charge < -0.3 is 4.98 Å². The van der Waals surface area contributed by atoms with E-state index >= 15 is 0 Å². The zero-order valence-corrected chi connectivity index (χ0v) is 9.04. The fourth-order valence-electron chi connectivity index (χ4n) is 1.56. The molecule has 0 bridgehead atoms. The van der Waals surface area contributed by atoms with Gasteiger partial charge in [0.05, 0.1) is 5.69 Å². The largest absolute Gasteiger partial charge is 0.311 e. The number of aryl methyl sites for hydroxylation is 1. The zero-order chi connectivity index (χ0) is 11.7. The van der Waals surface area contributed by atoms with Crippen LogP contribution in [0.1, 0.15) is 11.4 Å².